The molecule has 98 valence electrons. The minimum Gasteiger partial charge on any atom is -0.349 e. The van der Waals surface area contributed by atoms with Crippen molar-refractivity contribution in [3.05, 3.63) is 17.7 Å². The Kier molecular flexibility index (Phi) is 2.86. The van der Waals surface area contributed by atoms with Crippen LogP contribution in [0.15, 0.2) is 6.33 Å². The number of fused-ring (bicyclic) bond motifs is 1. The summed E-state index contributed by atoms with van der Waals surface area (Å²) < 4.78 is 0. The van der Waals surface area contributed by atoms with Gasteiger partial charge in [-0.3, -0.25) is 10.1 Å². The normalized spacial score (nSPS) is 25.1. The van der Waals surface area contributed by atoms with E-state index in [1.54, 1.807) is 6.33 Å². The van der Waals surface area contributed by atoms with Crippen LogP contribution in [0.2, 0.25) is 0 Å². The van der Waals surface area contributed by atoms with Gasteiger partial charge in [0.25, 0.3) is 0 Å². The standard InChI is InChI=1S/C13H20N4O/c1-2-13(4-3-5-13)17-12(18)10-6-9-11(7-14-10)16-8-15-9/h8,10,14H,2-7H2,1H3,(H,15,16)(H,17,18). The van der Waals surface area contributed by atoms with Crippen LogP contribution in [0.3, 0.4) is 0 Å². The van der Waals surface area contributed by atoms with Gasteiger partial charge in [0.1, 0.15) is 0 Å². The van der Waals surface area contributed by atoms with Crippen LogP contribution in [0.1, 0.15) is 44.0 Å². The molecule has 2 heterocycles. The van der Waals surface area contributed by atoms with E-state index in [9.17, 15) is 4.79 Å². The van der Waals surface area contributed by atoms with Crippen molar-refractivity contribution in [3.8, 4) is 0 Å². The molecule has 5 heteroatoms. The number of carbonyl (C=O) groups is 1. The summed E-state index contributed by atoms with van der Waals surface area (Å²) in [5, 5.41) is 6.51. The zero-order chi connectivity index (χ0) is 12.6. The SMILES string of the molecule is CCC1(NC(=O)C2Cc3nc[nH]c3CN2)CCC1. The molecule has 1 aromatic heterocycles. The highest BCUT2D eigenvalue weighted by atomic mass is 16.2. The minimum absolute atomic E-state index is 0.0740. The van der Waals surface area contributed by atoms with Crippen molar-refractivity contribution in [2.24, 2.45) is 0 Å². The molecule has 5 nitrogen and oxygen atoms in total. The molecule has 3 N–H and O–H groups in total. The van der Waals surface area contributed by atoms with Gasteiger partial charge in [0.15, 0.2) is 0 Å². The number of aromatic nitrogens is 2. The fourth-order valence-corrected chi connectivity index (χ4v) is 2.87. The van der Waals surface area contributed by atoms with E-state index in [1.807, 2.05) is 0 Å². The first-order chi connectivity index (χ1) is 8.72. The highest BCUT2D eigenvalue weighted by molar-refractivity contribution is 5.83. The molecule has 1 amide bonds. The van der Waals surface area contributed by atoms with E-state index in [0.29, 0.717) is 13.0 Å². The zero-order valence-electron chi connectivity index (χ0n) is 10.8. The Hall–Kier alpha value is -1.36. The maximum Gasteiger partial charge on any atom is 0.237 e. The smallest absolute Gasteiger partial charge is 0.237 e. The molecule has 0 spiro atoms. The molecule has 1 fully saturated rings. The molecule has 1 aliphatic heterocycles. The van der Waals surface area contributed by atoms with Crippen molar-refractivity contribution in [2.45, 2.75) is 57.2 Å². The van der Waals surface area contributed by atoms with E-state index in [2.05, 4.69) is 27.5 Å². The number of hydrogen-bond acceptors (Lipinski definition) is 3. The molecule has 18 heavy (non-hydrogen) atoms. The van der Waals surface area contributed by atoms with Gasteiger partial charge in [0.2, 0.25) is 5.91 Å². The third-order valence-corrected chi connectivity index (χ3v) is 4.42. The Balaban J connectivity index is 1.64. The summed E-state index contributed by atoms with van der Waals surface area (Å²) in [4.78, 5) is 19.6. The average Bonchev–Trinajstić information content (AvgIpc) is 2.80. The van der Waals surface area contributed by atoms with Crippen LogP contribution in [0.25, 0.3) is 0 Å². The second kappa shape index (κ2) is 4.39. The summed E-state index contributed by atoms with van der Waals surface area (Å²) in [5.41, 5.74) is 2.20. The number of nitrogens with one attached hydrogen (secondary N) is 3. The molecule has 1 aromatic rings. The Labute approximate surface area is 107 Å². The number of aromatic amines is 1. The fraction of sp³-hybridized carbons (Fsp3) is 0.692. The summed E-state index contributed by atoms with van der Waals surface area (Å²) >= 11 is 0. The van der Waals surface area contributed by atoms with Gasteiger partial charge in [0.05, 0.1) is 23.8 Å². The molecule has 1 unspecified atom stereocenters. The number of H-pyrrole nitrogens is 1. The summed E-state index contributed by atoms with van der Waals surface area (Å²) in [6, 6.07) is -0.134. The predicted octanol–water partition coefficient (Wildman–Crippen LogP) is 0.873. The van der Waals surface area contributed by atoms with E-state index >= 15 is 0 Å². The number of amides is 1. The van der Waals surface area contributed by atoms with Gasteiger partial charge in [-0.1, -0.05) is 6.92 Å². The zero-order valence-corrected chi connectivity index (χ0v) is 10.8. The van der Waals surface area contributed by atoms with E-state index in [0.717, 1.165) is 30.7 Å². The van der Waals surface area contributed by atoms with Crippen LogP contribution in [-0.4, -0.2) is 27.5 Å². The van der Waals surface area contributed by atoms with Crippen molar-refractivity contribution in [1.82, 2.24) is 20.6 Å². The second-order valence-electron chi connectivity index (χ2n) is 5.44. The number of hydrogen-bond donors (Lipinski definition) is 3. The van der Waals surface area contributed by atoms with Crippen LogP contribution >= 0.6 is 0 Å². The van der Waals surface area contributed by atoms with Gasteiger partial charge in [-0.05, 0) is 25.7 Å². The lowest BCUT2D eigenvalue weighted by atomic mass is 9.74. The van der Waals surface area contributed by atoms with Crippen molar-refractivity contribution in [2.75, 3.05) is 0 Å². The third-order valence-electron chi connectivity index (χ3n) is 4.42. The van der Waals surface area contributed by atoms with Crippen molar-refractivity contribution in [3.63, 3.8) is 0 Å². The van der Waals surface area contributed by atoms with Crippen LogP contribution in [0.5, 0.6) is 0 Å². The van der Waals surface area contributed by atoms with Crippen LogP contribution in [0.4, 0.5) is 0 Å². The second-order valence-corrected chi connectivity index (χ2v) is 5.44. The van der Waals surface area contributed by atoms with Crippen LogP contribution in [-0.2, 0) is 17.8 Å². The Morgan fingerprint density at radius 2 is 2.44 bits per heavy atom. The van der Waals surface area contributed by atoms with E-state index in [1.165, 1.54) is 6.42 Å². The summed E-state index contributed by atoms with van der Waals surface area (Å²) in [7, 11) is 0. The number of imidazole rings is 1. The first-order valence-electron chi connectivity index (χ1n) is 6.79. The Bertz CT molecular complexity index is 444. The van der Waals surface area contributed by atoms with E-state index in [4.69, 9.17) is 0 Å². The summed E-state index contributed by atoms with van der Waals surface area (Å²) in [6.45, 7) is 2.85. The quantitative estimate of drug-likeness (QED) is 0.743. The molecule has 1 aliphatic carbocycles. The third kappa shape index (κ3) is 1.92. The average molecular weight is 248 g/mol. The Morgan fingerprint density at radius 3 is 3.11 bits per heavy atom. The van der Waals surface area contributed by atoms with Gasteiger partial charge in [0, 0.05) is 18.5 Å². The summed E-state index contributed by atoms with van der Waals surface area (Å²) in [6.07, 6.45) is 6.89. The van der Waals surface area contributed by atoms with Gasteiger partial charge in [-0.25, -0.2) is 4.98 Å². The monoisotopic (exact) mass is 248 g/mol. The van der Waals surface area contributed by atoms with Gasteiger partial charge in [-0.15, -0.1) is 0 Å². The largest absolute Gasteiger partial charge is 0.349 e. The number of nitrogens with zero attached hydrogens (tertiary/aromatic N) is 1. The Morgan fingerprint density at radius 1 is 1.61 bits per heavy atom. The highest BCUT2D eigenvalue weighted by Crippen LogP contribution is 2.34. The maximum atomic E-state index is 12.3. The first-order valence-corrected chi connectivity index (χ1v) is 6.79. The highest BCUT2D eigenvalue weighted by Gasteiger charge is 2.38. The number of rotatable bonds is 3. The fourth-order valence-electron chi connectivity index (χ4n) is 2.87. The van der Waals surface area contributed by atoms with Gasteiger partial charge >= 0.3 is 0 Å². The molecule has 3 rings (SSSR count). The molecular formula is C13H20N4O. The lowest BCUT2D eigenvalue weighted by Crippen LogP contribution is -2.58. The molecule has 0 radical (unpaired) electrons. The lowest BCUT2D eigenvalue weighted by Gasteiger charge is -2.43. The molecule has 1 atom stereocenters. The van der Waals surface area contributed by atoms with Crippen molar-refractivity contribution in [1.29, 1.82) is 0 Å². The summed E-state index contributed by atoms with van der Waals surface area (Å²) in [5.74, 6) is 0.130. The van der Waals surface area contributed by atoms with E-state index < -0.39 is 0 Å². The van der Waals surface area contributed by atoms with Crippen LogP contribution < -0.4 is 10.6 Å². The molecule has 1 saturated carbocycles. The molecular weight excluding hydrogens is 228 g/mol. The first kappa shape index (κ1) is 11.7. The molecule has 2 aliphatic rings. The minimum atomic E-state index is -0.134. The van der Waals surface area contributed by atoms with Crippen molar-refractivity contribution < 1.29 is 4.79 Å². The van der Waals surface area contributed by atoms with Gasteiger partial charge < -0.3 is 10.3 Å². The predicted molar refractivity (Wildman–Crippen MR) is 67.9 cm³/mol. The lowest BCUT2D eigenvalue weighted by molar-refractivity contribution is -0.126. The van der Waals surface area contributed by atoms with Crippen LogP contribution in [0, 0.1) is 0 Å². The molecule has 0 saturated heterocycles. The topological polar surface area (TPSA) is 69.8 Å². The van der Waals surface area contributed by atoms with Crippen molar-refractivity contribution >= 4 is 5.91 Å². The van der Waals surface area contributed by atoms with Gasteiger partial charge in [-0.2, -0.15) is 0 Å². The van der Waals surface area contributed by atoms with E-state index in [-0.39, 0.29) is 17.5 Å². The molecule has 0 aromatic carbocycles. The molecule has 0 bridgehead atoms. The number of carbonyl (C=O) groups excluding carboxylic acids is 1. The maximum absolute atomic E-state index is 12.3.